The zero-order valence-electron chi connectivity index (χ0n) is 4.26. The highest BCUT2D eigenvalue weighted by molar-refractivity contribution is 7.38. The second-order valence-corrected chi connectivity index (χ2v) is 2.65. The summed E-state index contributed by atoms with van der Waals surface area (Å²) in [7, 11) is -2.48. The van der Waals surface area contributed by atoms with Crippen LogP contribution in [0.1, 0.15) is 6.42 Å². The maximum absolute atomic E-state index is 9.89. The molecule has 0 aliphatic carbocycles. The molecule has 0 aliphatic heterocycles. The van der Waals surface area contributed by atoms with Crippen LogP contribution in [-0.4, -0.2) is 17.0 Å². The monoisotopic (exact) mass is 137 g/mol. The van der Waals surface area contributed by atoms with Gasteiger partial charge in [0.15, 0.2) is 8.03 Å². The number of nitrogens with two attached hydrogens (primary N) is 1. The van der Waals surface area contributed by atoms with Crippen LogP contribution in [0.25, 0.3) is 0 Å². The molecular formula is C3H8NO3P. The van der Waals surface area contributed by atoms with Crippen LogP contribution in [0.3, 0.4) is 0 Å². The SMILES string of the molecule is NC(=O)CC[PH](=O)O. The van der Waals surface area contributed by atoms with E-state index in [4.69, 9.17) is 4.89 Å². The van der Waals surface area contributed by atoms with Crippen LogP contribution in [0.5, 0.6) is 0 Å². The van der Waals surface area contributed by atoms with Gasteiger partial charge >= 0.3 is 0 Å². The summed E-state index contributed by atoms with van der Waals surface area (Å²) in [6.45, 7) is 0. The van der Waals surface area contributed by atoms with E-state index in [0.717, 1.165) is 0 Å². The van der Waals surface area contributed by atoms with Gasteiger partial charge in [0.2, 0.25) is 5.91 Å². The molecule has 0 heterocycles. The topological polar surface area (TPSA) is 80.4 Å². The summed E-state index contributed by atoms with van der Waals surface area (Å²) in [6, 6.07) is 0. The quantitative estimate of drug-likeness (QED) is 0.506. The van der Waals surface area contributed by atoms with E-state index in [2.05, 4.69) is 5.73 Å². The summed E-state index contributed by atoms with van der Waals surface area (Å²) in [5.41, 5.74) is 4.67. The van der Waals surface area contributed by atoms with Crippen LogP contribution >= 0.6 is 8.03 Å². The van der Waals surface area contributed by atoms with E-state index in [1.807, 2.05) is 0 Å². The first-order valence-electron chi connectivity index (χ1n) is 2.13. The second kappa shape index (κ2) is 3.64. The molecule has 0 saturated heterocycles. The molecule has 1 amide bonds. The molecule has 8 heavy (non-hydrogen) atoms. The Bertz CT molecular complexity index is 99.1. The molecule has 0 radical (unpaired) electrons. The van der Waals surface area contributed by atoms with Crippen LogP contribution in [0, 0.1) is 0 Å². The van der Waals surface area contributed by atoms with E-state index in [0.29, 0.717) is 0 Å². The van der Waals surface area contributed by atoms with Crippen molar-refractivity contribution < 1.29 is 14.3 Å². The van der Waals surface area contributed by atoms with Crippen LogP contribution in [0.2, 0.25) is 0 Å². The van der Waals surface area contributed by atoms with Crippen LogP contribution < -0.4 is 5.73 Å². The Kier molecular flexibility index (Phi) is 3.48. The number of carbonyl (C=O) groups excluding carboxylic acids is 1. The Morgan fingerprint density at radius 2 is 2.25 bits per heavy atom. The summed E-state index contributed by atoms with van der Waals surface area (Å²) in [5, 5.41) is 0. The predicted molar refractivity (Wildman–Crippen MR) is 29.9 cm³/mol. The van der Waals surface area contributed by atoms with E-state index < -0.39 is 13.9 Å². The van der Waals surface area contributed by atoms with Crippen molar-refractivity contribution in [3.05, 3.63) is 0 Å². The minimum Gasteiger partial charge on any atom is -0.370 e. The van der Waals surface area contributed by atoms with Crippen LogP contribution in [0.15, 0.2) is 0 Å². The zero-order valence-corrected chi connectivity index (χ0v) is 5.26. The maximum Gasteiger partial charge on any atom is 0.217 e. The standard InChI is InChI=1S/C3H8NO3P/c4-3(5)1-2-8(6)7/h8H,1-2H2,(H2,4,5)(H,6,7). The van der Waals surface area contributed by atoms with Crippen molar-refractivity contribution in [1.29, 1.82) is 0 Å². The van der Waals surface area contributed by atoms with Crippen molar-refractivity contribution in [2.45, 2.75) is 6.42 Å². The molecule has 0 rings (SSSR count). The number of primary amides is 1. The van der Waals surface area contributed by atoms with Crippen LogP contribution in [0.4, 0.5) is 0 Å². The average molecular weight is 137 g/mol. The summed E-state index contributed by atoms with van der Waals surface area (Å²) < 4.78 is 9.88. The highest BCUT2D eigenvalue weighted by Crippen LogP contribution is 2.12. The molecule has 3 N–H and O–H groups in total. The minimum atomic E-state index is -2.48. The molecule has 0 aromatic rings. The number of hydrogen-bond donors (Lipinski definition) is 2. The normalized spacial score (nSPS) is 13.1. The Balaban J connectivity index is 3.18. The highest BCUT2D eigenvalue weighted by atomic mass is 31.1. The number of carbonyl (C=O) groups is 1. The molecule has 0 saturated carbocycles. The van der Waals surface area contributed by atoms with E-state index >= 15 is 0 Å². The molecular weight excluding hydrogens is 129 g/mol. The molecule has 0 aliphatic rings. The van der Waals surface area contributed by atoms with Gasteiger partial charge in [0.05, 0.1) is 0 Å². The molecule has 0 fully saturated rings. The fourth-order valence-electron chi connectivity index (χ4n) is 0.230. The average Bonchev–Trinajstić information content (AvgIpc) is 1.61. The first kappa shape index (κ1) is 7.66. The lowest BCUT2D eigenvalue weighted by molar-refractivity contribution is -0.117. The summed E-state index contributed by atoms with van der Waals surface area (Å²) in [6.07, 6.45) is 0.0221. The summed E-state index contributed by atoms with van der Waals surface area (Å²) in [5.74, 6) is -0.530. The smallest absolute Gasteiger partial charge is 0.217 e. The molecule has 1 unspecified atom stereocenters. The van der Waals surface area contributed by atoms with Crippen molar-refractivity contribution >= 4 is 13.9 Å². The predicted octanol–water partition coefficient (Wildman–Crippen LogP) is -0.671. The van der Waals surface area contributed by atoms with Gasteiger partial charge in [-0.15, -0.1) is 0 Å². The molecule has 0 aromatic carbocycles. The fraction of sp³-hybridized carbons (Fsp3) is 0.667. The van der Waals surface area contributed by atoms with Gasteiger partial charge in [0.25, 0.3) is 0 Å². The van der Waals surface area contributed by atoms with Gasteiger partial charge in [-0.1, -0.05) is 0 Å². The van der Waals surface area contributed by atoms with Crippen molar-refractivity contribution in [2.75, 3.05) is 6.16 Å². The van der Waals surface area contributed by atoms with Crippen LogP contribution in [-0.2, 0) is 9.36 Å². The summed E-state index contributed by atoms with van der Waals surface area (Å²) in [4.78, 5) is 18.0. The minimum absolute atomic E-state index is 0.00823. The molecule has 48 valence electrons. The highest BCUT2D eigenvalue weighted by Gasteiger charge is 1.95. The van der Waals surface area contributed by atoms with Crippen molar-refractivity contribution in [3.63, 3.8) is 0 Å². The first-order valence-corrected chi connectivity index (χ1v) is 3.69. The second-order valence-electron chi connectivity index (χ2n) is 1.36. The van der Waals surface area contributed by atoms with Gasteiger partial charge in [0.1, 0.15) is 0 Å². The Labute approximate surface area is 47.6 Å². The number of rotatable bonds is 3. The van der Waals surface area contributed by atoms with E-state index in [9.17, 15) is 9.36 Å². The lowest BCUT2D eigenvalue weighted by atomic mass is 10.5. The van der Waals surface area contributed by atoms with Crippen molar-refractivity contribution in [3.8, 4) is 0 Å². The van der Waals surface area contributed by atoms with Gasteiger partial charge in [0, 0.05) is 12.6 Å². The first-order chi connectivity index (χ1) is 3.63. The number of amides is 1. The molecule has 5 heteroatoms. The third kappa shape index (κ3) is 5.66. The third-order valence-electron chi connectivity index (χ3n) is 0.585. The molecule has 0 spiro atoms. The van der Waals surface area contributed by atoms with E-state index in [1.165, 1.54) is 0 Å². The lowest BCUT2D eigenvalue weighted by Gasteiger charge is -1.87. The van der Waals surface area contributed by atoms with E-state index in [-0.39, 0.29) is 12.6 Å². The maximum atomic E-state index is 9.89. The summed E-state index contributed by atoms with van der Waals surface area (Å²) >= 11 is 0. The van der Waals surface area contributed by atoms with E-state index in [1.54, 1.807) is 0 Å². The molecule has 0 bridgehead atoms. The third-order valence-corrected chi connectivity index (χ3v) is 1.26. The Morgan fingerprint density at radius 1 is 1.75 bits per heavy atom. The largest absolute Gasteiger partial charge is 0.370 e. The lowest BCUT2D eigenvalue weighted by Crippen LogP contribution is -2.10. The molecule has 1 atom stereocenters. The Morgan fingerprint density at radius 3 is 2.38 bits per heavy atom. The Hall–Kier alpha value is -0.340. The fourth-order valence-corrected chi connectivity index (χ4v) is 0.690. The molecule has 0 aromatic heterocycles. The van der Waals surface area contributed by atoms with Gasteiger partial charge in [-0.3, -0.25) is 9.36 Å². The van der Waals surface area contributed by atoms with Gasteiger partial charge in [-0.25, -0.2) is 0 Å². The zero-order chi connectivity index (χ0) is 6.57. The van der Waals surface area contributed by atoms with Crippen molar-refractivity contribution in [2.24, 2.45) is 5.73 Å². The van der Waals surface area contributed by atoms with Gasteiger partial charge in [-0.05, 0) is 0 Å². The van der Waals surface area contributed by atoms with Gasteiger partial charge < -0.3 is 10.6 Å². The van der Waals surface area contributed by atoms with Crippen molar-refractivity contribution in [1.82, 2.24) is 0 Å². The van der Waals surface area contributed by atoms with Gasteiger partial charge in [-0.2, -0.15) is 0 Å². The number of hydrogen-bond acceptors (Lipinski definition) is 2. The molecule has 4 nitrogen and oxygen atoms in total.